The molecule has 0 aromatic heterocycles. The van der Waals surface area contributed by atoms with Crippen molar-refractivity contribution in [3.8, 4) is 16.9 Å². The Balaban J connectivity index is 1.56. The van der Waals surface area contributed by atoms with E-state index >= 15 is 0 Å². The lowest BCUT2D eigenvalue weighted by Gasteiger charge is -2.26. The lowest BCUT2D eigenvalue weighted by atomic mass is 9.80. The average Bonchev–Trinajstić information content (AvgIpc) is 2.75. The van der Waals surface area contributed by atoms with Crippen molar-refractivity contribution >= 4 is 11.9 Å². The van der Waals surface area contributed by atoms with E-state index in [9.17, 15) is 9.59 Å². The molecule has 0 spiro atoms. The summed E-state index contributed by atoms with van der Waals surface area (Å²) < 4.78 is 10.6. The number of hydrogen-bond acceptors (Lipinski definition) is 4. The van der Waals surface area contributed by atoms with Crippen LogP contribution in [0.15, 0.2) is 48.5 Å². The summed E-state index contributed by atoms with van der Waals surface area (Å²) in [5.41, 5.74) is 2.53. The second-order valence-corrected chi connectivity index (χ2v) is 7.75. The molecule has 0 aliphatic heterocycles. The van der Waals surface area contributed by atoms with Crippen LogP contribution in [-0.2, 0) is 9.53 Å². The van der Waals surface area contributed by atoms with Gasteiger partial charge in [-0.25, -0.2) is 4.79 Å². The second kappa shape index (κ2) is 10.2. The monoisotopic (exact) mass is 394 g/mol. The first-order valence-corrected chi connectivity index (χ1v) is 10.7. The van der Waals surface area contributed by atoms with Crippen LogP contribution in [0.4, 0.5) is 0 Å². The number of rotatable bonds is 7. The van der Waals surface area contributed by atoms with Gasteiger partial charge in [0.05, 0.1) is 18.1 Å². The van der Waals surface area contributed by atoms with Gasteiger partial charge in [0.2, 0.25) is 0 Å². The van der Waals surface area contributed by atoms with Gasteiger partial charge in [0.15, 0.2) is 0 Å². The molecule has 2 aromatic rings. The maximum absolute atomic E-state index is 12.5. The normalized spacial score (nSPS) is 18.8. The van der Waals surface area contributed by atoms with Gasteiger partial charge in [0.25, 0.3) is 0 Å². The van der Waals surface area contributed by atoms with Gasteiger partial charge >= 0.3 is 11.9 Å². The molecule has 1 aliphatic carbocycles. The molecular formula is C25H30O4. The summed E-state index contributed by atoms with van der Waals surface area (Å²) in [6, 6.07) is 14.8. The lowest BCUT2D eigenvalue weighted by molar-refractivity contribution is -0.140. The third kappa shape index (κ3) is 5.69. The van der Waals surface area contributed by atoms with Crippen LogP contribution in [0.5, 0.6) is 5.75 Å². The first-order valence-electron chi connectivity index (χ1n) is 10.7. The van der Waals surface area contributed by atoms with Crippen LogP contribution in [-0.4, -0.2) is 18.5 Å². The predicted octanol–water partition coefficient (Wildman–Crippen LogP) is 6.04. The van der Waals surface area contributed by atoms with Crippen LogP contribution < -0.4 is 4.74 Å². The Morgan fingerprint density at radius 1 is 0.862 bits per heavy atom. The van der Waals surface area contributed by atoms with Gasteiger partial charge in [-0.05, 0) is 73.9 Å². The van der Waals surface area contributed by atoms with Crippen LogP contribution in [0, 0.1) is 11.8 Å². The zero-order valence-electron chi connectivity index (χ0n) is 17.4. The largest absolute Gasteiger partial charge is 0.462 e. The smallest absolute Gasteiger partial charge is 0.338 e. The molecule has 0 bridgehead atoms. The number of benzene rings is 2. The Morgan fingerprint density at radius 2 is 1.45 bits per heavy atom. The molecule has 0 unspecified atom stereocenters. The predicted molar refractivity (Wildman–Crippen MR) is 114 cm³/mol. The average molecular weight is 395 g/mol. The van der Waals surface area contributed by atoms with Crippen molar-refractivity contribution in [2.45, 2.75) is 52.4 Å². The van der Waals surface area contributed by atoms with Gasteiger partial charge in [0, 0.05) is 0 Å². The fourth-order valence-corrected chi connectivity index (χ4v) is 4.02. The highest BCUT2D eigenvalue weighted by Gasteiger charge is 2.27. The van der Waals surface area contributed by atoms with E-state index in [-0.39, 0.29) is 17.9 Å². The minimum atomic E-state index is -0.315. The summed E-state index contributed by atoms with van der Waals surface area (Å²) in [5, 5.41) is 0. The molecule has 4 nitrogen and oxygen atoms in total. The maximum Gasteiger partial charge on any atom is 0.338 e. The minimum absolute atomic E-state index is 0.0261. The Kier molecular flexibility index (Phi) is 7.45. The van der Waals surface area contributed by atoms with E-state index in [0.717, 1.165) is 42.7 Å². The van der Waals surface area contributed by atoms with E-state index in [4.69, 9.17) is 9.47 Å². The molecule has 0 atom stereocenters. The molecule has 29 heavy (non-hydrogen) atoms. The molecule has 0 N–H and O–H groups in total. The van der Waals surface area contributed by atoms with E-state index in [0.29, 0.717) is 17.9 Å². The highest BCUT2D eigenvalue weighted by Crippen LogP contribution is 2.32. The zero-order valence-corrected chi connectivity index (χ0v) is 17.4. The standard InChI is InChI=1S/C25H30O4/c1-3-5-18-6-8-22(9-7-18)25(27)29-23-16-14-20(15-17-23)19-10-12-21(13-11-19)24(26)28-4-2/h10-18,22H,3-9H2,1-2H3. The third-order valence-corrected chi connectivity index (χ3v) is 5.68. The first kappa shape index (κ1) is 21.1. The van der Waals surface area contributed by atoms with Crippen molar-refractivity contribution < 1.29 is 19.1 Å². The molecule has 1 fully saturated rings. The van der Waals surface area contributed by atoms with E-state index in [2.05, 4.69) is 6.92 Å². The van der Waals surface area contributed by atoms with Gasteiger partial charge in [0.1, 0.15) is 5.75 Å². The Hall–Kier alpha value is -2.62. The quantitative estimate of drug-likeness (QED) is 0.424. The summed E-state index contributed by atoms with van der Waals surface area (Å²) in [4.78, 5) is 24.2. The van der Waals surface area contributed by atoms with E-state index in [1.807, 2.05) is 36.4 Å². The minimum Gasteiger partial charge on any atom is -0.462 e. The number of carbonyl (C=O) groups excluding carboxylic acids is 2. The van der Waals surface area contributed by atoms with Crippen molar-refractivity contribution in [3.63, 3.8) is 0 Å². The summed E-state index contributed by atoms with van der Waals surface area (Å²) in [6.07, 6.45) is 6.63. The van der Waals surface area contributed by atoms with Gasteiger partial charge in [-0.3, -0.25) is 4.79 Å². The molecule has 1 aliphatic rings. The van der Waals surface area contributed by atoms with Crippen molar-refractivity contribution in [2.75, 3.05) is 6.61 Å². The Labute approximate surface area is 173 Å². The van der Waals surface area contributed by atoms with E-state index in [1.165, 1.54) is 12.8 Å². The van der Waals surface area contributed by atoms with Gasteiger partial charge in [-0.1, -0.05) is 44.0 Å². The molecule has 154 valence electrons. The Morgan fingerprint density at radius 3 is 2.00 bits per heavy atom. The maximum atomic E-state index is 12.5. The van der Waals surface area contributed by atoms with Crippen molar-refractivity contribution in [2.24, 2.45) is 11.8 Å². The van der Waals surface area contributed by atoms with E-state index < -0.39 is 0 Å². The zero-order chi connectivity index (χ0) is 20.6. The number of hydrogen-bond donors (Lipinski definition) is 0. The Bertz CT molecular complexity index is 800. The highest BCUT2D eigenvalue weighted by molar-refractivity contribution is 5.90. The van der Waals surface area contributed by atoms with E-state index in [1.54, 1.807) is 19.1 Å². The number of esters is 2. The number of carbonyl (C=O) groups is 2. The summed E-state index contributed by atoms with van der Waals surface area (Å²) in [7, 11) is 0. The second-order valence-electron chi connectivity index (χ2n) is 7.75. The third-order valence-electron chi connectivity index (χ3n) is 5.68. The SMILES string of the molecule is CCCC1CCC(C(=O)Oc2ccc(-c3ccc(C(=O)OCC)cc3)cc2)CC1. The number of ether oxygens (including phenoxy) is 2. The van der Waals surface area contributed by atoms with Gasteiger partial charge in [-0.15, -0.1) is 0 Å². The lowest BCUT2D eigenvalue weighted by Crippen LogP contribution is -2.25. The molecule has 4 heteroatoms. The van der Waals surface area contributed by atoms with Gasteiger partial charge < -0.3 is 9.47 Å². The van der Waals surface area contributed by atoms with Gasteiger partial charge in [-0.2, -0.15) is 0 Å². The molecule has 1 saturated carbocycles. The van der Waals surface area contributed by atoms with Crippen LogP contribution in [0.2, 0.25) is 0 Å². The molecule has 2 aromatic carbocycles. The summed E-state index contributed by atoms with van der Waals surface area (Å²) in [5.74, 6) is 0.964. The summed E-state index contributed by atoms with van der Waals surface area (Å²) in [6.45, 7) is 4.37. The topological polar surface area (TPSA) is 52.6 Å². The molecule has 0 heterocycles. The summed E-state index contributed by atoms with van der Waals surface area (Å²) >= 11 is 0. The molecular weight excluding hydrogens is 364 g/mol. The molecule has 0 radical (unpaired) electrons. The highest BCUT2D eigenvalue weighted by atomic mass is 16.5. The fourth-order valence-electron chi connectivity index (χ4n) is 4.02. The van der Waals surface area contributed by atoms with Crippen molar-refractivity contribution in [3.05, 3.63) is 54.1 Å². The fraction of sp³-hybridized carbons (Fsp3) is 0.440. The van der Waals surface area contributed by atoms with Crippen LogP contribution in [0.3, 0.4) is 0 Å². The van der Waals surface area contributed by atoms with Crippen molar-refractivity contribution in [1.29, 1.82) is 0 Å². The van der Waals surface area contributed by atoms with Crippen molar-refractivity contribution in [1.82, 2.24) is 0 Å². The first-order chi connectivity index (χ1) is 14.1. The molecule has 0 saturated heterocycles. The molecule has 3 rings (SSSR count). The van der Waals surface area contributed by atoms with Crippen LogP contribution in [0.25, 0.3) is 11.1 Å². The molecule has 0 amide bonds. The van der Waals surface area contributed by atoms with Crippen LogP contribution >= 0.6 is 0 Å². The van der Waals surface area contributed by atoms with Crippen LogP contribution in [0.1, 0.15) is 62.7 Å².